The van der Waals surface area contributed by atoms with Crippen LogP contribution in [0.2, 0.25) is 0 Å². The van der Waals surface area contributed by atoms with Crippen LogP contribution in [0.5, 0.6) is 5.75 Å². The lowest BCUT2D eigenvalue weighted by Gasteiger charge is -2.18. The number of furan rings is 1. The van der Waals surface area contributed by atoms with E-state index in [2.05, 4.69) is 26.1 Å². The number of fused-ring (bicyclic) bond motifs is 1. The van der Waals surface area contributed by atoms with E-state index in [-0.39, 0.29) is 11.2 Å². The molecule has 0 atom stereocenters. The van der Waals surface area contributed by atoms with Crippen LogP contribution in [-0.2, 0) is 6.42 Å². The van der Waals surface area contributed by atoms with Gasteiger partial charge in [0.2, 0.25) is 0 Å². The Morgan fingerprint density at radius 2 is 1.79 bits per heavy atom. The van der Waals surface area contributed by atoms with E-state index in [0.717, 1.165) is 35.6 Å². The van der Waals surface area contributed by atoms with Crippen molar-refractivity contribution in [3.8, 4) is 5.75 Å². The summed E-state index contributed by atoms with van der Waals surface area (Å²) in [5.41, 5.74) is 2.32. The number of para-hydroxylation sites is 1. The van der Waals surface area contributed by atoms with Gasteiger partial charge >= 0.3 is 0 Å². The summed E-state index contributed by atoms with van der Waals surface area (Å²) in [7, 11) is 0. The lowest BCUT2D eigenvalue weighted by atomic mass is 9.97. The zero-order valence-corrected chi connectivity index (χ0v) is 17.2. The quantitative estimate of drug-likeness (QED) is 0.429. The molecule has 1 aromatic heterocycles. The highest BCUT2D eigenvalue weighted by Gasteiger charge is 2.20. The third kappa shape index (κ3) is 4.82. The first-order chi connectivity index (χ1) is 13.4. The van der Waals surface area contributed by atoms with Crippen molar-refractivity contribution in [1.29, 1.82) is 0 Å². The van der Waals surface area contributed by atoms with Crippen LogP contribution < -0.4 is 10.1 Å². The van der Waals surface area contributed by atoms with Gasteiger partial charge in [0.1, 0.15) is 23.7 Å². The van der Waals surface area contributed by atoms with Crippen molar-refractivity contribution in [2.24, 2.45) is 5.41 Å². The van der Waals surface area contributed by atoms with Crippen molar-refractivity contribution in [3.63, 3.8) is 0 Å². The summed E-state index contributed by atoms with van der Waals surface area (Å²) in [6, 6.07) is 15.0. The first-order valence-corrected chi connectivity index (χ1v) is 9.88. The predicted molar refractivity (Wildman–Crippen MR) is 113 cm³/mol. The summed E-state index contributed by atoms with van der Waals surface area (Å²) in [4.78, 5) is 13.1. The zero-order chi connectivity index (χ0) is 20.1. The Morgan fingerprint density at radius 1 is 1.07 bits per heavy atom. The van der Waals surface area contributed by atoms with Gasteiger partial charge in [0.15, 0.2) is 5.78 Å². The van der Waals surface area contributed by atoms with E-state index in [1.807, 2.05) is 55.5 Å². The number of carbonyl (C=O) groups is 1. The fraction of sp³-hybridized carbons (Fsp3) is 0.375. The third-order valence-electron chi connectivity index (χ3n) is 4.54. The Balaban J connectivity index is 1.66. The van der Waals surface area contributed by atoms with Crippen molar-refractivity contribution in [2.45, 2.75) is 34.1 Å². The molecule has 0 aliphatic carbocycles. The first-order valence-electron chi connectivity index (χ1n) is 9.88. The minimum atomic E-state index is -0.0137. The molecule has 2 aromatic carbocycles. The van der Waals surface area contributed by atoms with Crippen LogP contribution in [-0.4, -0.2) is 25.5 Å². The van der Waals surface area contributed by atoms with E-state index >= 15 is 0 Å². The lowest BCUT2D eigenvalue weighted by molar-refractivity contribution is 0.103. The molecule has 4 heteroatoms. The molecule has 148 valence electrons. The van der Waals surface area contributed by atoms with Crippen molar-refractivity contribution in [2.75, 3.05) is 19.7 Å². The van der Waals surface area contributed by atoms with Crippen molar-refractivity contribution < 1.29 is 13.9 Å². The molecule has 0 aliphatic rings. The van der Waals surface area contributed by atoms with Gasteiger partial charge in [-0.2, -0.15) is 0 Å². The smallest absolute Gasteiger partial charge is 0.197 e. The van der Waals surface area contributed by atoms with E-state index in [4.69, 9.17) is 9.15 Å². The number of rotatable bonds is 8. The molecule has 0 amide bonds. The SMILES string of the molecule is CCc1oc2ccccc2c1C(=O)c1ccc(OCCNCC(C)(C)C)cc1. The molecule has 1 heterocycles. The molecule has 3 rings (SSSR count). The van der Waals surface area contributed by atoms with Gasteiger partial charge in [0.05, 0.1) is 5.56 Å². The van der Waals surface area contributed by atoms with Crippen LogP contribution in [0.4, 0.5) is 0 Å². The maximum atomic E-state index is 13.1. The summed E-state index contributed by atoms with van der Waals surface area (Å²) < 4.78 is 11.6. The normalized spacial score (nSPS) is 11.7. The standard InChI is InChI=1S/C24H29NO3/c1-5-20-22(19-8-6-7-9-21(19)28-20)23(26)17-10-12-18(13-11-17)27-15-14-25-16-24(2,3)4/h6-13,25H,5,14-16H2,1-4H3. The minimum Gasteiger partial charge on any atom is -0.492 e. The maximum Gasteiger partial charge on any atom is 0.197 e. The number of hydrogen-bond donors (Lipinski definition) is 1. The van der Waals surface area contributed by atoms with E-state index in [1.165, 1.54) is 0 Å². The second kappa shape index (κ2) is 8.61. The number of nitrogens with one attached hydrogen (secondary N) is 1. The third-order valence-corrected chi connectivity index (χ3v) is 4.54. The molecule has 0 saturated carbocycles. The Hall–Kier alpha value is -2.59. The van der Waals surface area contributed by atoms with Crippen LogP contribution >= 0.6 is 0 Å². The monoisotopic (exact) mass is 379 g/mol. The average Bonchev–Trinajstić information content (AvgIpc) is 3.05. The molecule has 28 heavy (non-hydrogen) atoms. The summed E-state index contributed by atoms with van der Waals surface area (Å²) in [6.45, 7) is 10.9. The molecule has 0 aliphatic heterocycles. The van der Waals surface area contributed by atoms with Crippen LogP contribution in [0.15, 0.2) is 52.9 Å². The maximum absolute atomic E-state index is 13.1. The molecule has 0 spiro atoms. The molecule has 0 unspecified atom stereocenters. The highest BCUT2D eigenvalue weighted by Crippen LogP contribution is 2.29. The highest BCUT2D eigenvalue weighted by atomic mass is 16.5. The van der Waals surface area contributed by atoms with Crippen LogP contribution in [0, 0.1) is 5.41 Å². The predicted octanol–water partition coefficient (Wildman–Crippen LogP) is 5.24. The molecule has 0 radical (unpaired) electrons. The van der Waals surface area contributed by atoms with Gasteiger partial charge in [-0.25, -0.2) is 0 Å². The molecule has 3 aromatic rings. The average molecular weight is 380 g/mol. The Bertz CT molecular complexity index is 933. The Kier molecular flexibility index (Phi) is 6.20. The highest BCUT2D eigenvalue weighted by molar-refractivity contribution is 6.16. The van der Waals surface area contributed by atoms with Gasteiger partial charge in [-0.3, -0.25) is 4.79 Å². The summed E-state index contributed by atoms with van der Waals surface area (Å²) in [5, 5.41) is 4.25. The van der Waals surface area contributed by atoms with Crippen molar-refractivity contribution in [1.82, 2.24) is 5.32 Å². The number of carbonyl (C=O) groups excluding carboxylic acids is 1. The second-order valence-corrected chi connectivity index (χ2v) is 8.19. The zero-order valence-electron chi connectivity index (χ0n) is 17.2. The number of hydrogen-bond acceptors (Lipinski definition) is 4. The number of aryl methyl sites for hydroxylation is 1. The number of benzene rings is 2. The van der Waals surface area contributed by atoms with Gasteiger partial charge in [-0.05, 0) is 35.7 Å². The number of ketones is 1. The van der Waals surface area contributed by atoms with Crippen LogP contribution in [0.25, 0.3) is 11.0 Å². The van der Waals surface area contributed by atoms with E-state index in [9.17, 15) is 4.79 Å². The van der Waals surface area contributed by atoms with Gasteiger partial charge in [0.25, 0.3) is 0 Å². The van der Waals surface area contributed by atoms with Crippen LogP contribution in [0.3, 0.4) is 0 Å². The van der Waals surface area contributed by atoms with Gasteiger partial charge < -0.3 is 14.5 Å². The fourth-order valence-electron chi connectivity index (χ4n) is 3.15. The van der Waals surface area contributed by atoms with Gasteiger partial charge in [-0.1, -0.05) is 45.9 Å². The van der Waals surface area contributed by atoms with Crippen molar-refractivity contribution >= 4 is 16.8 Å². The molecule has 0 fully saturated rings. The summed E-state index contributed by atoms with van der Waals surface area (Å²) in [5.74, 6) is 1.48. The first kappa shape index (κ1) is 20.2. The lowest BCUT2D eigenvalue weighted by Crippen LogP contribution is -2.30. The van der Waals surface area contributed by atoms with Crippen molar-refractivity contribution in [3.05, 3.63) is 65.4 Å². The Labute approximate surface area is 166 Å². The number of ether oxygens (including phenoxy) is 1. The largest absolute Gasteiger partial charge is 0.492 e. The molecule has 0 saturated heterocycles. The fourth-order valence-corrected chi connectivity index (χ4v) is 3.15. The van der Waals surface area contributed by atoms with E-state index in [0.29, 0.717) is 24.2 Å². The molecule has 4 nitrogen and oxygen atoms in total. The molecular formula is C24H29NO3. The molecule has 1 N–H and O–H groups in total. The van der Waals surface area contributed by atoms with E-state index in [1.54, 1.807) is 0 Å². The van der Waals surface area contributed by atoms with Crippen LogP contribution in [0.1, 0.15) is 49.4 Å². The Morgan fingerprint density at radius 3 is 2.46 bits per heavy atom. The summed E-state index contributed by atoms with van der Waals surface area (Å²) in [6.07, 6.45) is 0.679. The second-order valence-electron chi connectivity index (χ2n) is 8.19. The summed E-state index contributed by atoms with van der Waals surface area (Å²) >= 11 is 0. The minimum absolute atomic E-state index is 0.0137. The topological polar surface area (TPSA) is 51.5 Å². The molecular weight excluding hydrogens is 350 g/mol. The van der Waals surface area contributed by atoms with Gasteiger partial charge in [0, 0.05) is 30.5 Å². The van der Waals surface area contributed by atoms with E-state index < -0.39 is 0 Å². The molecule has 0 bridgehead atoms. The van der Waals surface area contributed by atoms with Gasteiger partial charge in [-0.15, -0.1) is 0 Å².